The van der Waals surface area contributed by atoms with Gasteiger partial charge < -0.3 is 10.0 Å². The predicted octanol–water partition coefficient (Wildman–Crippen LogP) is 0.147. The normalized spacial score (nSPS) is 21.8. The van der Waals surface area contributed by atoms with Gasteiger partial charge in [0.25, 0.3) is 0 Å². The Kier molecular flexibility index (Phi) is 1.92. The summed E-state index contributed by atoms with van der Waals surface area (Å²) in [4.78, 5) is 0. The molecule has 2 N–H and O–H groups in total. The first-order valence-corrected chi connectivity index (χ1v) is 3.01. The van der Waals surface area contributed by atoms with Crippen LogP contribution in [0.5, 0.6) is 0 Å². The molecule has 0 amide bonds. The monoisotopic (exact) mass is 113 g/mol. The van der Waals surface area contributed by atoms with Crippen LogP contribution >= 0.6 is 0 Å². The Labute approximate surface area is 49.7 Å². The quantitative estimate of drug-likeness (QED) is 0.475. The lowest BCUT2D eigenvalue weighted by atomic mass is 9.72. The standard InChI is InChI=1S/C5H10BO2/c7-6(8)5-3-1-2-4-5/h7-8H,1-4H2. The van der Waals surface area contributed by atoms with Crippen molar-refractivity contribution < 1.29 is 10.0 Å². The fourth-order valence-corrected chi connectivity index (χ4v) is 1.09. The highest BCUT2D eigenvalue weighted by Gasteiger charge is 2.26. The lowest BCUT2D eigenvalue weighted by Crippen LogP contribution is -2.20. The minimum absolute atomic E-state index is 0.907. The second-order valence-electron chi connectivity index (χ2n) is 2.24. The molecule has 2 nitrogen and oxygen atoms in total. The Hall–Kier alpha value is -0.0151. The molecule has 0 aromatic rings. The van der Waals surface area contributed by atoms with E-state index in [1.807, 2.05) is 0 Å². The highest BCUT2D eigenvalue weighted by atomic mass is 16.4. The van der Waals surface area contributed by atoms with Gasteiger partial charge in [0.05, 0.1) is 0 Å². The van der Waals surface area contributed by atoms with E-state index in [1.165, 1.54) is 0 Å². The van der Waals surface area contributed by atoms with Crippen LogP contribution in [0.4, 0.5) is 0 Å². The van der Waals surface area contributed by atoms with Crippen molar-refractivity contribution in [2.45, 2.75) is 25.7 Å². The average Bonchev–Trinajstić information content (AvgIpc) is 2.12. The van der Waals surface area contributed by atoms with Crippen LogP contribution in [0.2, 0.25) is 0 Å². The lowest BCUT2D eigenvalue weighted by Gasteiger charge is -2.02. The SMILES string of the molecule is OB(O)[C]1CCCC1. The highest BCUT2D eigenvalue weighted by molar-refractivity contribution is 6.48. The van der Waals surface area contributed by atoms with Gasteiger partial charge in [-0.2, -0.15) is 0 Å². The molecule has 0 bridgehead atoms. The van der Waals surface area contributed by atoms with Crippen LogP contribution in [0.15, 0.2) is 0 Å². The molecule has 1 aliphatic carbocycles. The van der Waals surface area contributed by atoms with Crippen molar-refractivity contribution in [3.63, 3.8) is 0 Å². The molecule has 1 radical (unpaired) electrons. The van der Waals surface area contributed by atoms with Crippen LogP contribution in [-0.2, 0) is 0 Å². The van der Waals surface area contributed by atoms with Gasteiger partial charge in [-0.05, 0) is 12.8 Å². The van der Waals surface area contributed by atoms with Crippen LogP contribution in [0.25, 0.3) is 0 Å². The Morgan fingerprint density at radius 2 is 1.62 bits per heavy atom. The molecule has 1 aliphatic rings. The van der Waals surface area contributed by atoms with Gasteiger partial charge in [-0.3, -0.25) is 0 Å². The summed E-state index contributed by atoms with van der Waals surface area (Å²) in [6.45, 7) is 0. The molecule has 3 heteroatoms. The molecule has 1 saturated carbocycles. The Morgan fingerprint density at radius 3 is 1.88 bits per heavy atom. The van der Waals surface area contributed by atoms with E-state index in [-0.39, 0.29) is 0 Å². The molecular formula is C5H10BO2. The van der Waals surface area contributed by atoms with Crippen molar-refractivity contribution in [3.8, 4) is 0 Å². The third-order valence-corrected chi connectivity index (χ3v) is 1.61. The zero-order valence-corrected chi connectivity index (χ0v) is 4.80. The summed E-state index contributed by atoms with van der Waals surface area (Å²) in [5.74, 6) is 0.907. The van der Waals surface area contributed by atoms with Crippen molar-refractivity contribution in [1.82, 2.24) is 0 Å². The van der Waals surface area contributed by atoms with Gasteiger partial charge >= 0.3 is 7.12 Å². The minimum Gasteiger partial charge on any atom is -0.427 e. The van der Waals surface area contributed by atoms with Gasteiger partial charge in [-0.25, -0.2) is 0 Å². The molecule has 8 heavy (non-hydrogen) atoms. The van der Waals surface area contributed by atoms with Gasteiger partial charge in [0.2, 0.25) is 0 Å². The molecule has 45 valence electrons. The van der Waals surface area contributed by atoms with E-state index in [0.717, 1.165) is 31.5 Å². The molecular weight excluding hydrogens is 103 g/mol. The van der Waals surface area contributed by atoms with Crippen LogP contribution in [0, 0.1) is 5.82 Å². The summed E-state index contributed by atoms with van der Waals surface area (Å²) in [5.41, 5.74) is 0. The van der Waals surface area contributed by atoms with Crippen molar-refractivity contribution in [3.05, 3.63) is 5.82 Å². The van der Waals surface area contributed by atoms with Crippen LogP contribution < -0.4 is 0 Å². The molecule has 1 rings (SSSR count). The molecule has 0 saturated heterocycles. The van der Waals surface area contributed by atoms with E-state index < -0.39 is 7.12 Å². The molecule has 0 aromatic heterocycles. The topological polar surface area (TPSA) is 40.5 Å². The van der Waals surface area contributed by atoms with E-state index in [4.69, 9.17) is 10.0 Å². The van der Waals surface area contributed by atoms with E-state index in [0.29, 0.717) is 0 Å². The minimum atomic E-state index is -1.14. The molecule has 1 fully saturated rings. The zero-order valence-electron chi connectivity index (χ0n) is 4.80. The average molecular weight is 113 g/mol. The summed E-state index contributed by atoms with van der Waals surface area (Å²) >= 11 is 0. The van der Waals surface area contributed by atoms with Crippen molar-refractivity contribution >= 4 is 7.12 Å². The maximum Gasteiger partial charge on any atom is 0.458 e. The van der Waals surface area contributed by atoms with Gasteiger partial charge in [0.1, 0.15) is 0 Å². The van der Waals surface area contributed by atoms with Gasteiger partial charge in [0.15, 0.2) is 0 Å². The number of rotatable bonds is 1. The van der Waals surface area contributed by atoms with Gasteiger partial charge in [-0.15, -0.1) is 0 Å². The molecule has 0 aromatic carbocycles. The summed E-state index contributed by atoms with van der Waals surface area (Å²) in [6.07, 6.45) is 4.09. The molecule has 0 unspecified atom stereocenters. The first kappa shape index (κ1) is 6.11. The fraction of sp³-hybridized carbons (Fsp3) is 0.800. The van der Waals surface area contributed by atoms with E-state index in [9.17, 15) is 0 Å². The van der Waals surface area contributed by atoms with Gasteiger partial charge in [-0.1, -0.05) is 12.8 Å². The third-order valence-electron chi connectivity index (χ3n) is 1.61. The highest BCUT2D eigenvalue weighted by Crippen LogP contribution is 2.26. The maximum absolute atomic E-state index is 8.57. The van der Waals surface area contributed by atoms with E-state index in [1.54, 1.807) is 0 Å². The van der Waals surface area contributed by atoms with Crippen LogP contribution in [-0.4, -0.2) is 17.2 Å². The maximum atomic E-state index is 8.57. The van der Waals surface area contributed by atoms with Crippen molar-refractivity contribution in [2.24, 2.45) is 0 Å². The molecule has 0 atom stereocenters. The summed E-state index contributed by atoms with van der Waals surface area (Å²) in [6, 6.07) is 0. The summed E-state index contributed by atoms with van der Waals surface area (Å²) in [7, 11) is -1.14. The smallest absolute Gasteiger partial charge is 0.427 e. The largest absolute Gasteiger partial charge is 0.458 e. The van der Waals surface area contributed by atoms with Crippen LogP contribution in [0.3, 0.4) is 0 Å². The van der Waals surface area contributed by atoms with Crippen molar-refractivity contribution in [2.75, 3.05) is 0 Å². The van der Waals surface area contributed by atoms with Crippen LogP contribution in [0.1, 0.15) is 25.7 Å². The van der Waals surface area contributed by atoms with E-state index >= 15 is 0 Å². The zero-order chi connectivity index (χ0) is 5.98. The second-order valence-corrected chi connectivity index (χ2v) is 2.24. The molecule has 0 aliphatic heterocycles. The van der Waals surface area contributed by atoms with E-state index in [2.05, 4.69) is 0 Å². The first-order valence-electron chi connectivity index (χ1n) is 3.01. The Balaban J connectivity index is 2.24. The number of hydrogen-bond acceptors (Lipinski definition) is 2. The first-order chi connectivity index (χ1) is 3.80. The van der Waals surface area contributed by atoms with Crippen molar-refractivity contribution in [1.29, 1.82) is 0 Å². The number of hydrogen-bond donors (Lipinski definition) is 2. The molecule has 0 heterocycles. The third kappa shape index (κ3) is 1.23. The summed E-state index contributed by atoms with van der Waals surface area (Å²) in [5, 5.41) is 17.1. The van der Waals surface area contributed by atoms with Gasteiger partial charge in [0, 0.05) is 5.82 Å². The lowest BCUT2D eigenvalue weighted by molar-refractivity contribution is 0.405. The predicted molar refractivity (Wildman–Crippen MR) is 31.9 cm³/mol. The Morgan fingerprint density at radius 1 is 1.12 bits per heavy atom. The molecule has 0 spiro atoms. The fourth-order valence-electron chi connectivity index (χ4n) is 1.09. The second kappa shape index (κ2) is 2.51. The Bertz CT molecular complexity index is 68.8. The summed E-state index contributed by atoms with van der Waals surface area (Å²) < 4.78 is 0.